The number of ether oxygens (including phenoxy) is 2. The normalized spacial score (nSPS) is 12.9. The van der Waals surface area contributed by atoms with E-state index < -0.39 is 23.8 Å². The highest BCUT2D eigenvalue weighted by Gasteiger charge is 2.36. The van der Waals surface area contributed by atoms with Crippen LogP contribution in [0.2, 0.25) is 0 Å². The zero-order valence-corrected chi connectivity index (χ0v) is 23.0. The molecule has 8 nitrogen and oxygen atoms in total. The summed E-state index contributed by atoms with van der Waals surface area (Å²) in [6, 6.07) is 14.4. The average Bonchev–Trinajstić information content (AvgIpc) is 2.82. The first-order valence-corrected chi connectivity index (χ1v) is 12.7. The predicted molar refractivity (Wildman–Crippen MR) is 145 cm³/mol. The molecular formula is C29H41N3O5. The smallest absolute Gasteiger partial charge is 0.408 e. The summed E-state index contributed by atoms with van der Waals surface area (Å²) in [5, 5.41) is 5.69. The van der Waals surface area contributed by atoms with Gasteiger partial charge in [0.15, 0.2) is 0 Å². The van der Waals surface area contributed by atoms with Crippen LogP contribution >= 0.6 is 0 Å². The van der Waals surface area contributed by atoms with E-state index in [-0.39, 0.29) is 17.7 Å². The van der Waals surface area contributed by atoms with Crippen LogP contribution < -0.4 is 15.4 Å². The molecule has 2 atom stereocenters. The number of rotatable bonds is 11. The first-order valence-electron chi connectivity index (χ1n) is 12.7. The molecular weight excluding hydrogens is 470 g/mol. The summed E-state index contributed by atoms with van der Waals surface area (Å²) in [7, 11) is 1.58. The van der Waals surface area contributed by atoms with Gasteiger partial charge in [-0.15, -0.1) is 0 Å². The maximum atomic E-state index is 14.0. The van der Waals surface area contributed by atoms with E-state index in [1.165, 1.54) is 0 Å². The van der Waals surface area contributed by atoms with Crippen molar-refractivity contribution in [1.29, 1.82) is 0 Å². The molecule has 0 fully saturated rings. The zero-order valence-electron chi connectivity index (χ0n) is 23.0. The Balaban J connectivity index is 2.43. The van der Waals surface area contributed by atoms with Crippen molar-refractivity contribution in [2.75, 3.05) is 19.0 Å². The molecule has 0 aromatic heterocycles. The molecule has 0 saturated heterocycles. The Labute approximate surface area is 220 Å². The topological polar surface area (TPSA) is 97.0 Å². The molecule has 37 heavy (non-hydrogen) atoms. The summed E-state index contributed by atoms with van der Waals surface area (Å²) in [5.74, 6) is 0.111. The summed E-state index contributed by atoms with van der Waals surface area (Å²) >= 11 is 0. The summed E-state index contributed by atoms with van der Waals surface area (Å²) in [6.45, 7) is 11.5. The number of methoxy groups -OCH3 is 1. The highest BCUT2D eigenvalue weighted by molar-refractivity contribution is 5.99. The number of benzene rings is 2. The van der Waals surface area contributed by atoms with E-state index >= 15 is 0 Å². The minimum absolute atomic E-state index is 0.121. The third-order valence-corrected chi connectivity index (χ3v) is 5.48. The zero-order chi connectivity index (χ0) is 27.6. The first-order chi connectivity index (χ1) is 17.4. The van der Waals surface area contributed by atoms with Gasteiger partial charge >= 0.3 is 6.09 Å². The van der Waals surface area contributed by atoms with Gasteiger partial charge < -0.3 is 25.0 Å². The highest BCUT2D eigenvalue weighted by Crippen LogP contribution is 2.26. The summed E-state index contributed by atoms with van der Waals surface area (Å²) in [5.41, 5.74) is 0.556. The van der Waals surface area contributed by atoms with Crippen molar-refractivity contribution in [3.63, 3.8) is 0 Å². The second-order valence-electron chi connectivity index (χ2n) is 10.4. The third kappa shape index (κ3) is 9.44. The van der Waals surface area contributed by atoms with Crippen molar-refractivity contribution in [3.8, 4) is 5.75 Å². The second-order valence-corrected chi connectivity index (χ2v) is 10.4. The van der Waals surface area contributed by atoms with Crippen LogP contribution in [-0.2, 0) is 14.3 Å². The van der Waals surface area contributed by atoms with Crippen LogP contribution in [0.15, 0.2) is 54.6 Å². The fourth-order valence-corrected chi connectivity index (χ4v) is 3.94. The SMILES string of the molecule is CCCN(C(=O)C(CC(C)C)NC(=O)OC(C)(C)C)C(C(=O)Nc1ccc(OC)cc1)c1ccccc1. The van der Waals surface area contributed by atoms with Crippen molar-refractivity contribution in [2.24, 2.45) is 5.92 Å². The number of carbonyl (C=O) groups excluding carboxylic acids is 3. The minimum Gasteiger partial charge on any atom is -0.497 e. The molecule has 2 aromatic rings. The summed E-state index contributed by atoms with van der Waals surface area (Å²) in [4.78, 5) is 41.8. The van der Waals surface area contributed by atoms with Crippen LogP contribution in [0.4, 0.5) is 10.5 Å². The van der Waals surface area contributed by atoms with E-state index in [0.29, 0.717) is 36.4 Å². The number of hydrogen-bond acceptors (Lipinski definition) is 5. The molecule has 2 aromatic carbocycles. The number of nitrogens with zero attached hydrogens (tertiary/aromatic N) is 1. The Kier molecular flexibility index (Phi) is 11.0. The highest BCUT2D eigenvalue weighted by atomic mass is 16.6. The first kappa shape index (κ1) is 29.7. The van der Waals surface area contributed by atoms with Crippen LogP contribution in [0.25, 0.3) is 0 Å². The van der Waals surface area contributed by atoms with Gasteiger partial charge in [-0.1, -0.05) is 51.1 Å². The number of alkyl carbamates (subject to hydrolysis) is 1. The van der Waals surface area contributed by atoms with Gasteiger partial charge in [0.2, 0.25) is 5.91 Å². The number of nitrogens with one attached hydrogen (secondary N) is 2. The van der Waals surface area contributed by atoms with E-state index in [0.717, 1.165) is 0 Å². The molecule has 0 saturated carbocycles. The van der Waals surface area contributed by atoms with Crippen LogP contribution in [0, 0.1) is 5.92 Å². The van der Waals surface area contributed by atoms with Crippen molar-refractivity contribution >= 4 is 23.6 Å². The molecule has 0 spiro atoms. The Morgan fingerprint density at radius 2 is 1.59 bits per heavy atom. The molecule has 2 N–H and O–H groups in total. The van der Waals surface area contributed by atoms with Gasteiger partial charge in [-0.25, -0.2) is 4.79 Å². The molecule has 8 heteroatoms. The van der Waals surface area contributed by atoms with E-state index in [9.17, 15) is 14.4 Å². The number of carbonyl (C=O) groups is 3. The van der Waals surface area contributed by atoms with E-state index in [4.69, 9.17) is 9.47 Å². The summed E-state index contributed by atoms with van der Waals surface area (Å²) < 4.78 is 10.6. The maximum absolute atomic E-state index is 14.0. The van der Waals surface area contributed by atoms with E-state index in [1.54, 1.807) is 57.0 Å². The molecule has 3 amide bonds. The second kappa shape index (κ2) is 13.7. The van der Waals surface area contributed by atoms with Crippen molar-refractivity contribution in [3.05, 3.63) is 60.2 Å². The molecule has 0 aliphatic carbocycles. The Hall–Kier alpha value is -3.55. The quantitative estimate of drug-likeness (QED) is 0.412. The predicted octanol–water partition coefficient (Wildman–Crippen LogP) is 5.55. The van der Waals surface area contributed by atoms with Crippen molar-refractivity contribution < 1.29 is 23.9 Å². The van der Waals surface area contributed by atoms with Gasteiger partial charge in [-0.2, -0.15) is 0 Å². The van der Waals surface area contributed by atoms with Crippen LogP contribution in [0.1, 0.15) is 66.0 Å². The lowest BCUT2D eigenvalue weighted by Crippen LogP contribution is -2.53. The fraction of sp³-hybridized carbons (Fsp3) is 0.483. The number of amides is 3. The lowest BCUT2D eigenvalue weighted by molar-refractivity contribution is -0.141. The Bertz CT molecular complexity index is 1020. The van der Waals surface area contributed by atoms with Gasteiger partial charge in [-0.05, 0) is 69.4 Å². The van der Waals surface area contributed by atoms with Crippen LogP contribution in [0.5, 0.6) is 5.75 Å². The van der Waals surface area contributed by atoms with Gasteiger partial charge in [0.25, 0.3) is 5.91 Å². The van der Waals surface area contributed by atoms with Crippen LogP contribution in [0.3, 0.4) is 0 Å². The van der Waals surface area contributed by atoms with E-state index in [1.807, 2.05) is 51.1 Å². The Morgan fingerprint density at radius 1 is 0.973 bits per heavy atom. The van der Waals surface area contributed by atoms with Gasteiger partial charge in [0.1, 0.15) is 23.4 Å². The monoisotopic (exact) mass is 511 g/mol. The standard InChI is InChI=1S/C29H41N3O5/c1-8-18-32(27(34)24(19-20(2)3)31-28(35)37-29(4,5)6)25(21-12-10-9-11-13-21)26(33)30-22-14-16-23(36-7)17-15-22/h9-17,20,24-25H,8,18-19H2,1-7H3,(H,30,33)(H,31,35). The van der Waals surface area contributed by atoms with Crippen molar-refractivity contribution in [2.45, 2.75) is 72.1 Å². The van der Waals surface area contributed by atoms with E-state index in [2.05, 4.69) is 10.6 Å². The Morgan fingerprint density at radius 3 is 2.11 bits per heavy atom. The average molecular weight is 512 g/mol. The molecule has 0 bridgehead atoms. The maximum Gasteiger partial charge on any atom is 0.408 e. The van der Waals surface area contributed by atoms with Gasteiger partial charge in [0.05, 0.1) is 7.11 Å². The largest absolute Gasteiger partial charge is 0.497 e. The summed E-state index contributed by atoms with van der Waals surface area (Å²) in [6.07, 6.45) is 0.368. The van der Waals surface area contributed by atoms with Crippen LogP contribution in [-0.4, -0.2) is 48.1 Å². The van der Waals surface area contributed by atoms with Crippen molar-refractivity contribution in [1.82, 2.24) is 10.2 Å². The fourth-order valence-electron chi connectivity index (χ4n) is 3.94. The third-order valence-electron chi connectivity index (χ3n) is 5.48. The lowest BCUT2D eigenvalue weighted by Gasteiger charge is -2.34. The number of hydrogen-bond donors (Lipinski definition) is 2. The molecule has 2 unspecified atom stereocenters. The molecule has 0 radical (unpaired) electrons. The molecule has 2 rings (SSSR count). The molecule has 0 heterocycles. The lowest BCUT2D eigenvalue weighted by atomic mass is 9.99. The molecule has 0 aliphatic heterocycles. The molecule has 0 aliphatic rings. The van der Waals surface area contributed by atoms with Gasteiger partial charge in [0, 0.05) is 12.2 Å². The van der Waals surface area contributed by atoms with Gasteiger partial charge in [-0.3, -0.25) is 9.59 Å². The number of anilines is 1. The minimum atomic E-state index is -0.897. The molecule has 202 valence electrons.